The quantitative estimate of drug-likeness (QED) is 0.323. The SMILES string of the molecule is C/C=C/COc1c(F)cc(C#Cc2ccc(C3CCC4CC(/C=C/C)CCC4C3)cc2)cc1F. The molecular formula is C31H34F2O. The van der Waals surface area contributed by atoms with Crippen LogP contribution in [-0.4, -0.2) is 6.61 Å². The van der Waals surface area contributed by atoms with Gasteiger partial charge < -0.3 is 4.74 Å². The summed E-state index contributed by atoms with van der Waals surface area (Å²) in [6, 6.07) is 10.9. The van der Waals surface area contributed by atoms with Gasteiger partial charge in [-0.05, 0) is 106 Å². The van der Waals surface area contributed by atoms with Gasteiger partial charge in [0, 0.05) is 11.1 Å². The summed E-state index contributed by atoms with van der Waals surface area (Å²) >= 11 is 0. The molecule has 0 radical (unpaired) electrons. The first-order chi connectivity index (χ1) is 16.6. The molecule has 0 amide bonds. The summed E-state index contributed by atoms with van der Waals surface area (Å²) in [6.07, 6.45) is 16.0. The van der Waals surface area contributed by atoms with Crippen molar-refractivity contribution in [1.29, 1.82) is 0 Å². The summed E-state index contributed by atoms with van der Waals surface area (Å²) in [5, 5.41) is 0. The van der Waals surface area contributed by atoms with Crippen LogP contribution >= 0.6 is 0 Å². The highest BCUT2D eigenvalue weighted by Gasteiger charge is 2.35. The minimum Gasteiger partial charge on any atom is -0.483 e. The second-order valence-electron chi connectivity index (χ2n) is 9.65. The van der Waals surface area contributed by atoms with Crippen LogP contribution in [0.5, 0.6) is 5.75 Å². The number of hydrogen-bond donors (Lipinski definition) is 0. The van der Waals surface area contributed by atoms with Crippen molar-refractivity contribution in [3.05, 3.63) is 89.0 Å². The molecule has 2 saturated carbocycles. The lowest BCUT2D eigenvalue weighted by Crippen LogP contribution is -2.30. The van der Waals surface area contributed by atoms with E-state index in [2.05, 4.69) is 43.0 Å². The first-order valence-electron chi connectivity index (χ1n) is 12.5. The molecular weight excluding hydrogens is 426 g/mol. The molecule has 1 nitrogen and oxygen atoms in total. The lowest BCUT2D eigenvalue weighted by atomic mass is 9.64. The van der Waals surface area contributed by atoms with E-state index in [-0.39, 0.29) is 12.4 Å². The molecule has 4 atom stereocenters. The second kappa shape index (κ2) is 11.5. The number of benzene rings is 2. The molecule has 0 aliphatic heterocycles. The Morgan fingerprint density at radius 2 is 1.53 bits per heavy atom. The largest absolute Gasteiger partial charge is 0.483 e. The Morgan fingerprint density at radius 1 is 0.853 bits per heavy atom. The van der Waals surface area contributed by atoms with E-state index in [0.717, 1.165) is 23.3 Å². The van der Waals surface area contributed by atoms with E-state index in [9.17, 15) is 8.78 Å². The van der Waals surface area contributed by atoms with Gasteiger partial charge in [-0.25, -0.2) is 8.78 Å². The molecule has 3 heteroatoms. The minimum absolute atomic E-state index is 0.126. The van der Waals surface area contributed by atoms with Crippen LogP contribution in [0, 0.1) is 41.2 Å². The van der Waals surface area contributed by atoms with Gasteiger partial charge in [-0.2, -0.15) is 0 Å². The van der Waals surface area contributed by atoms with E-state index in [1.807, 2.05) is 19.1 Å². The molecule has 34 heavy (non-hydrogen) atoms. The highest BCUT2D eigenvalue weighted by Crippen LogP contribution is 2.47. The van der Waals surface area contributed by atoms with E-state index in [1.54, 1.807) is 12.2 Å². The van der Waals surface area contributed by atoms with Gasteiger partial charge in [0.2, 0.25) is 0 Å². The summed E-state index contributed by atoms with van der Waals surface area (Å²) in [4.78, 5) is 0. The number of hydrogen-bond acceptors (Lipinski definition) is 1. The fourth-order valence-corrected chi connectivity index (χ4v) is 5.66. The average Bonchev–Trinajstić information content (AvgIpc) is 2.85. The van der Waals surface area contributed by atoms with E-state index in [1.165, 1.54) is 56.2 Å². The molecule has 0 aromatic heterocycles. The van der Waals surface area contributed by atoms with Crippen LogP contribution in [0.1, 0.15) is 75.0 Å². The lowest BCUT2D eigenvalue weighted by Gasteiger charge is -2.41. The lowest BCUT2D eigenvalue weighted by molar-refractivity contribution is 0.133. The third-order valence-electron chi connectivity index (χ3n) is 7.41. The summed E-state index contributed by atoms with van der Waals surface area (Å²) in [6.45, 7) is 4.08. The molecule has 2 aliphatic carbocycles. The number of allylic oxidation sites excluding steroid dienone is 3. The molecule has 4 rings (SSSR count). The molecule has 4 unspecified atom stereocenters. The molecule has 0 spiro atoms. The average molecular weight is 461 g/mol. The number of halogens is 2. The second-order valence-corrected chi connectivity index (χ2v) is 9.65. The molecule has 178 valence electrons. The van der Waals surface area contributed by atoms with Crippen LogP contribution in [-0.2, 0) is 0 Å². The first kappa shape index (κ1) is 24.3. The summed E-state index contributed by atoms with van der Waals surface area (Å²) in [7, 11) is 0. The summed E-state index contributed by atoms with van der Waals surface area (Å²) < 4.78 is 33.6. The van der Waals surface area contributed by atoms with Gasteiger partial charge >= 0.3 is 0 Å². The smallest absolute Gasteiger partial charge is 0.191 e. The fraction of sp³-hybridized carbons (Fsp3) is 0.419. The summed E-state index contributed by atoms with van der Waals surface area (Å²) in [5.74, 6) is 7.23. The van der Waals surface area contributed by atoms with E-state index < -0.39 is 11.6 Å². The third-order valence-corrected chi connectivity index (χ3v) is 7.41. The van der Waals surface area contributed by atoms with Gasteiger partial charge in [0.25, 0.3) is 0 Å². The van der Waals surface area contributed by atoms with Gasteiger partial charge in [-0.3, -0.25) is 0 Å². The zero-order valence-corrected chi connectivity index (χ0v) is 20.2. The maximum atomic E-state index is 14.2. The Kier molecular flexibility index (Phi) is 8.22. The first-order valence-corrected chi connectivity index (χ1v) is 12.5. The summed E-state index contributed by atoms with van der Waals surface area (Å²) in [5.41, 5.74) is 2.53. The zero-order valence-electron chi connectivity index (χ0n) is 20.2. The highest BCUT2D eigenvalue weighted by molar-refractivity contribution is 5.46. The van der Waals surface area contributed by atoms with Crippen LogP contribution in [0.3, 0.4) is 0 Å². The van der Waals surface area contributed by atoms with E-state index in [0.29, 0.717) is 11.5 Å². The van der Waals surface area contributed by atoms with Crippen molar-refractivity contribution in [2.75, 3.05) is 6.61 Å². The van der Waals surface area contributed by atoms with Gasteiger partial charge in [0.05, 0.1) is 0 Å². The van der Waals surface area contributed by atoms with E-state index >= 15 is 0 Å². The number of ether oxygens (including phenoxy) is 1. The molecule has 0 saturated heterocycles. The number of fused-ring (bicyclic) bond motifs is 1. The van der Waals surface area contributed by atoms with Gasteiger partial charge in [0.15, 0.2) is 17.4 Å². The topological polar surface area (TPSA) is 9.23 Å². The predicted molar refractivity (Wildman–Crippen MR) is 135 cm³/mol. The van der Waals surface area contributed by atoms with Crippen molar-refractivity contribution in [3.63, 3.8) is 0 Å². The minimum atomic E-state index is -0.737. The Bertz CT molecular complexity index is 1060. The van der Waals surface area contributed by atoms with Crippen LogP contribution in [0.2, 0.25) is 0 Å². The van der Waals surface area contributed by atoms with Crippen molar-refractivity contribution >= 4 is 0 Å². The van der Waals surface area contributed by atoms with Crippen molar-refractivity contribution < 1.29 is 13.5 Å². The fourth-order valence-electron chi connectivity index (χ4n) is 5.66. The van der Waals surface area contributed by atoms with Crippen LogP contribution in [0.25, 0.3) is 0 Å². The molecule has 0 heterocycles. The molecule has 2 aromatic rings. The number of rotatable bonds is 5. The van der Waals surface area contributed by atoms with Crippen LogP contribution in [0.4, 0.5) is 8.78 Å². The Balaban J connectivity index is 1.38. The van der Waals surface area contributed by atoms with Gasteiger partial charge in [0.1, 0.15) is 6.61 Å². The zero-order chi connectivity index (χ0) is 23.9. The van der Waals surface area contributed by atoms with Gasteiger partial charge in [-0.15, -0.1) is 0 Å². The van der Waals surface area contributed by atoms with Crippen LogP contribution in [0.15, 0.2) is 60.7 Å². The van der Waals surface area contributed by atoms with Crippen molar-refractivity contribution in [3.8, 4) is 17.6 Å². The monoisotopic (exact) mass is 460 g/mol. The molecule has 2 fully saturated rings. The maximum absolute atomic E-state index is 14.2. The van der Waals surface area contributed by atoms with E-state index in [4.69, 9.17) is 4.74 Å². The van der Waals surface area contributed by atoms with Crippen molar-refractivity contribution in [2.45, 2.75) is 58.3 Å². The Labute approximate surface area is 202 Å². The Morgan fingerprint density at radius 3 is 2.24 bits per heavy atom. The van der Waals surface area contributed by atoms with Gasteiger partial charge in [-0.1, -0.05) is 48.3 Å². The third kappa shape index (κ3) is 5.98. The van der Waals surface area contributed by atoms with Crippen molar-refractivity contribution in [2.24, 2.45) is 17.8 Å². The Hall–Kier alpha value is -2.86. The van der Waals surface area contributed by atoms with Crippen LogP contribution < -0.4 is 4.74 Å². The molecule has 0 N–H and O–H groups in total. The molecule has 0 bridgehead atoms. The predicted octanol–water partition coefficient (Wildman–Crippen LogP) is 8.20. The van der Waals surface area contributed by atoms with Crippen molar-refractivity contribution in [1.82, 2.24) is 0 Å². The molecule has 2 aromatic carbocycles. The normalized spacial score (nSPS) is 24.6. The standard InChI is InChI=1S/C31H34F2O/c1-3-5-17-34-31-29(32)19-24(20-30(31)33)8-7-22-9-12-25(13-10-22)27-16-15-26-18-23(6-4-2)11-14-28(26)21-27/h3-6,9-10,12-13,19-20,23,26-28H,11,14-18,21H2,1-2H3/b5-3+,6-4+. The maximum Gasteiger partial charge on any atom is 0.191 e. The highest BCUT2D eigenvalue weighted by atomic mass is 19.1. The molecule has 2 aliphatic rings.